The van der Waals surface area contributed by atoms with Crippen LogP contribution < -0.4 is 5.32 Å². The average molecular weight is 227 g/mol. The molecule has 0 spiro atoms. The fraction of sp³-hybridized carbons (Fsp3) is 0.545. The zero-order valence-electron chi connectivity index (χ0n) is 8.90. The first-order valence-electron chi connectivity index (χ1n) is 5.15. The summed E-state index contributed by atoms with van der Waals surface area (Å²) < 4.78 is 0. The molecule has 0 aliphatic heterocycles. The molecular formula is C11H17NO2S. The normalized spacial score (nSPS) is 12.4. The zero-order valence-corrected chi connectivity index (χ0v) is 9.72. The van der Waals surface area contributed by atoms with Gasteiger partial charge in [0.2, 0.25) is 5.91 Å². The number of hydrogen-bond acceptors (Lipinski definition) is 3. The van der Waals surface area contributed by atoms with E-state index in [0.29, 0.717) is 12.8 Å². The molecule has 15 heavy (non-hydrogen) atoms. The lowest BCUT2D eigenvalue weighted by molar-refractivity contribution is -0.121. The molecule has 0 aliphatic rings. The molecule has 84 valence electrons. The molecule has 1 rings (SSSR count). The summed E-state index contributed by atoms with van der Waals surface area (Å²) in [5, 5.41) is 13.5. The van der Waals surface area contributed by atoms with E-state index in [1.54, 1.807) is 11.3 Å². The highest BCUT2D eigenvalue weighted by Crippen LogP contribution is 2.10. The van der Waals surface area contributed by atoms with Gasteiger partial charge in [0, 0.05) is 23.9 Å². The second kappa shape index (κ2) is 6.58. The predicted molar refractivity (Wildman–Crippen MR) is 61.9 cm³/mol. The Bertz CT molecular complexity index is 285. The third-order valence-electron chi connectivity index (χ3n) is 2.15. The first-order valence-corrected chi connectivity index (χ1v) is 6.03. The van der Waals surface area contributed by atoms with Crippen molar-refractivity contribution in [3.05, 3.63) is 22.4 Å². The van der Waals surface area contributed by atoms with Crippen molar-refractivity contribution in [2.75, 3.05) is 6.61 Å². The van der Waals surface area contributed by atoms with Gasteiger partial charge in [-0.15, -0.1) is 11.3 Å². The Balaban J connectivity index is 2.19. The number of nitrogens with one attached hydrogen (secondary N) is 1. The summed E-state index contributed by atoms with van der Waals surface area (Å²) in [5.74, 6) is 0.0596. The van der Waals surface area contributed by atoms with Crippen LogP contribution in [0.15, 0.2) is 17.5 Å². The number of carbonyl (C=O) groups excluding carboxylic acids is 1. The molecule has 1 unspecified atom stereocenters. The summed E-state index contributed by atoms with van der Waals surface area (Å²) in [6.07, 6.45) is 1.94. The van der Waals surface area contributed by atoms with Gasteiger partial charge in [0.05, 0.1) is 0 Å². The Morgan fingerprint density at radius 3 is 3.07 bits per heavy atom. The van der Waals surface area contributed by atoms with Crippen molar-refractivity contribution >= 4 is 17.2 Å². The number of rotatable bonds is 6. The molecule has 1 atom stereocenters. The second-order valence-electron chi connectivity index (χ2n) is 3.56. The van der Waals surface area contributed by atoms with Gasteiger partial charge >= 0.3 is 0 Å². The van der Waals surface area contributed by atoms with Gasteiger partial charge in [0.25, 0.3) is 0 Å². The maximum atomic E-state index is 11.4. The van der Waals surface area contributed by atoms with E-state index in [1.165, 1.54) is 4.88 Å². The topological polar surface area (TPSA) is 49.3 Å². The third kappa shape index (κ3) is 4.95. The van der Waals surface area contributed by atoms with Gasteiger partial charge in [-0.05, 0) is 31.2 Å². The van der Waals surface area contributed by atoms with Crippen LogP contribution in [0.2, 0.25) is 0 Å². The Morgan fingerprint density at radius 1 is 1.67 bits per heavy atom. The molecule has 0 radical (unpaired) electrons. The van der Waals surface area contributed by atoms with Gasteiger partial charge in [0.15, 0.2) is 0 Å². The summed E-state index contributed by atoms with van der Waals surface area (Å²) in [7, 11) is 0. The summed E-state index contributed by atoms with van der Waals surface area (Å²) in [6, 6.07) is 4.09. The third-order valence-corrected chi connectivity index (χ3v) is 3.08. The van der Waals surface area contributed by atoms with Crippen molar-refractivity contribution < 1.29 is 9.90 Å². The molecule has 4 heteroatoms. The lowest BCUT2D eigenvalue weighted by atomic mass is 10.2. The molecule has 2 N–H and O–H groups in total. The Labute approximate surface area is 94.1 Å². The van der Waals surface area contributed by atoms with E-state index in [-0.39, 0.29) is 18.6 Å². The van der Waals surface area contributed by atoms with Crippen LogP contribution in [0, 0.1) is 0 Å². The summed E-state index contributed by atoms with van der Waals surface area (Å²) >= 11 is 1.67. The molecule has 3 nitrogen and oxygen atoms in total. The van der Waals surface area contributed by atoms with Gasteiger partial charge in [-0.25, -0.2) is 0 Å². The molecule has 1 heterocycles. The molecule has 0 aromatic carbocycles. The molecule has 0 saturated carbocycles. The zero-order chi connectivity index (χ0) is 11.1. The molecular weight excluding hydrogens is 210 g/mol. The number of amides is 1. The summed E-state index contributed by atoms with van der Waals surface area (Å²) in [5.41, 5.74) is 0. The minimum atomic E-state index is 0.0596. The number of aryl methyl sites for hydroxylation is 1. The Hall–Kier alpha value is -0.870. The lowest BCUT2D eigenvalue weighted by Gasteiger charge is -2.11. The van der Waals surface area contributed by atoms with Crippen molar-refractivity contribution in [3.8, 4) is 0 Å². The number of carbonyl (C=O) groups is 1. The van der Waals surface area contributed by atoms with E-state index in [0.717, 1.165) is 6.42 Å². The summed E-state index contributed by atoms with van der Waals surface area (Å²) in [6.45, 7) is 2.02. The van der Waals surface area contributed by atoms with Gasteiger partial charge in [-0.2, -0.15) is 0 Å². The highest BCUT2D eigenvalue weighted by Gasteiger charge is 2.06. The van der Waals surface area contributed by atoms with Crippen LogP contribution in [0.1, 0.15) is 24.6 Å². The number of hydrogen-bond donors (Lipinski definition) is 2. The van der Waals surface area contributed by atoms with Crippen molar-refractivity contribution in [3.63, 3.8) is 0 Å². The van der Waals surface area contributed by atoms with Crippen LogP contribution in [0.3, 0.4) is 0 Å². The highest BCUT2D eigenvalue weighted by atomic mass is 32.1. The van der Waals surface area contributed by atoms with Crippen LogP contribution in [0.4, 0.5) is 0 Å². The molecule has 1 aromatic rings. The maximum absolute atomic E-state index is 11.4. The highest BCUT2D eigenvalue weighted by molar-refractivity contribution is 7.09. The van der Waals surface area contributed by atoms with Gasteiger partial charge in [-0.3, -0.25) is 4.79 Å². The summed E-state index contributed by atoms with van der Waals surface area (Å²) in [4.78, 5) is 12.7. The molecule has 0 fully saturated rings. The smallest absolute Gasteiger partial charge is 0.220 e. The minimum absolute atomic E-state index is 0.0596. The second-order valence-corrected chi connectivity index (χ2v) is 4.59. The van der Waals surface area contributed by atoms with Crippen LogP contribution in [0.5, 0.6) is 0 Å². The van der Waals surface area contributed by atoms with E-state index in [1.807, 2.05) is 24.4 Å². The molecule has 1 amide bonds. The minimum Gasteiger partial charge on any atom is -0.396 e. The Morgan fingerprint density at radius 2 is 2.47 bits per heavy atom. The monoisotopic (exact) mass is 227 g/mol. The quantitative estimate of drug-likeness (QED) is 0.775. The average Bonchev–Trinajstić information content (AvgIpc) is 2.67. The van der Waals surface area contributed by atoms with E-state index >= 15 is 0 Å². The first-order chi connectivity index (χ1) is 7.22. The van der Waals surface area contributed by atoms with E-state index in [4.69, 9.17) is 5.11 Å². The fourth-order valence-corrected chi connectivity index (χ4v) is 2.01. The largest absolute Gasteiger partial charge is 0.396 e. The van der Waals surface area contributed by atoms with Crippen LogP contribution in [-0.4, -0.2) is 23.7 Å². The van der Waals surface area contributed by atoms with Gasteiger partial charge in [0.1, 0.15) is 0 Å². The van der Waals surface area contributed by atoms with Crippen molar-refractivity contribution in [2.24, 2.45) is 0 Å². The van der Waals surface area contributed by atoms with E-state index < -0.39 is 0 Å². The number of aliphatic hydroxyl groups excluding tert-OH is 1. The maximum Gasteiger partial charge on any atom is 0.220 e. The van der Waals surface area contributed by atoms with Crippen LogP contribution in [0.25, 0.3) is 0 Å². The number of aliphatic hydroxyl groups is 1. The number of thiophene rings is 1. The lowest BCUT2D eigenvalue weighted by Crippen LogP contribution is -2.33. The van der Waals surface area contributed by atoms with Crippen LogP contribution >= 0.6 is 11.3 Å². The van der Waals surface area contributed by atoms with E-state index in [2.05, 4.69) is 5.32 Å². The van der Waals surface area contributed by atoms with Crippen molar-refractivity contribution in [1.29, 1.82) is 0 Å². The molecule has 0 bridgehead atoms. The predicted octanol–water partition coefficient (Wildman–Crippen LogP) is 1.57. The molecule has 0 aliphatic carbocycles. The van der Waals surface area contributed by atoms with Crippen LogP contribution in [-0.2, 0) is 11.2 Å². The fourth-order valence-electron chi connectivity index (χ4n) is 1.30. The first kappa shape index (κ1) is 12.2. The molecule has 0 saturated heterocycles. The van der Waals surface area contributed by atoms with Crippen molar-refractivity contribution in [2.45, 2.75) is 32.2 Å². The van der Waals surface area contributed by atoms with E-state index in [9.17, 15) is 4.79 Å². The van der Waals surface area contributed by atoms with Gasteiger partial charge < -0.3 is 10.4 Å². The standard InChI is InChI=1S/C11H17NO2S/c1-9(6-7-13)12-11(14)5-4-10-3-2-8-15-10/h2-3,8-9,13H,4-7H2,1H3,(H,12,14). The molecule has 1 aromatic heterocycles. The SMILES string of the molecule is CC(CCO)NC(=O)CCc1cccs1. The van der Waals surface area contributed by atoms with Gasteiger partial charge in [-0.1, -0.05) is 6.07 Å². The Kier molecular flexibility index (Phi) is 5.36. The van der Waals surface area contributed by atoms with Crippen molar-refractivity contribution in [1.82, 2.24) is 5.32 Å².